The molecule has 0 aliphatic rings. The van der Waals surface area contributed by atoms with Gasteiger partial charge >= 0.3 is 17.3 Å². The minimum atomic E-state index is -4.59. The van der Waals surface area contributed by atoms with Gasteiger partial charge < -0.3 is 4.74 Å². The van der Waals surface area contributed by atoms with Gasteiger partial charge in [-0.05, 0) is 19.1 Å². The zero-order valence-electron chi connectivity index (χ0n) is 10.1. The molecule has 0 radical (unpaired) electrons. The third kappa shape index (κ3) is 3.47. The lowest BCUT2D eigenvalue weighted by atomic mass is 10.0. The lowest BCUT2D eigenvalue weighted by Crippen LogP contribution is -2.38. The Kier molecular flexibility index (Phi) is 4.75. The van der Waals surface area contributed by atoms with E-state index in [1.54, 1.807) is 0 Å². The van der Waals surface area contributed by atoms with E-state index in [1.807, 2.05) is 0 Å². The van der Waals surface area contributed by atoms with E-state index in [0.717, 1.165) is 12.1 Å². The Morgan fingerprint density at radius 3 is 2.05 bits per heavy atom. The van der Waals surface area contributed by atoms with Crippen LogP contribution in [0.15, 0.2) is 24.3 Å². The molecule has 0 heterocycles. The first kappa shape index (κ1) is 16.4. The third-order valence-electron chi connectivity index (χ3n) is 2.29. The number of hydrogen-bond acceptors (Lipinski definition) is 3. The van der Waals surface area contributed by atoms with Crippen LogP contribution in [0.2, 0.25) is 0 Å². The van der Waals surface area contributed by atoms with Gasteiger partial charge in [-0.3, -0.25) is 4.79 Å². The second-order valence-corrected chi connectivity index (χ2v) is 4.22. The maximum atomic E-state index is 13.8. The summed E-state index contributed by atoms with van der Waals surface area (Å²) >= 11 is 5.17. The average molecular weight is 313 g/mol. The minimum Gasteiger partial charge on any atom is -0.462 e. The van der Waals surface area contributed by atoms with Crippen molar-refractivity contribution < 1.29 is 31.9 Å². The smallest absolute Gasteiger partial charge is 0.416 e. The van der Waals surface area contributed by atoms with Gasteiger partial charge in [0.05, 0.1) is 12.2 Å². The molecule has 0 spiro atoms. The zero-order chi connectivity index (χ0) is 15.6. The molecule has 1 atom stereocenters. The second kappa shape index (κ2) is 5.78. The summed E-state index contributed by atoms with van der Waals surface area (Å²) in [5.74, 6) is -3.09. The molecular formula is C12H9ClF4O3. The number of Topliss-reactive ketones (excluding diaryl/α,β-unsaturated/α-hetero) is 1. The predicted molar refractivity (Wildman–Crippen MR) is 62.1 cm³/mol. The van der Waals surface area contributed by atoms with Crippen LogP contribution in [-0.4, -0.2) is 23.5 Å². The molecule has 0 N–H and O–H groups in total. The first-order valence-corrected chi connectivity index (χ1v) is 5.75. The molecule has 110 valence electrons. The highest BCUT2D eigenvalue weighted by atomic mass is 35.5. The topological polar surface area (TPSA) is 43.4 Å². The molecule has 0 saturated carbocycles. The van der Waals surface area contributed by atoms with E-state index in [-0.39, 0.29) is 6.61 Å². The molecule has 1 rings (SSSR count). The van der Waals surface area contributed by atoms with Crippen LogP contribution in [0.4, 0.5) is 17.6 Å². The van der Waals surface area contributed by atoms with Crippen LogP contribution < -0.4 is 0 Å². The Morgan fingerprint density at radius 1 is 1.15 bits per heavy atom. The fraction of sp³-hybridized carbons (Fsp3) is 0.333. The zero-order valence-corrected chi connectivity index (χ0v) is 10.9. The highest BCUT2D eigenvalue weighted by molar-refractivity contribution is 6.46. The summed E-state index contributed by atoms with van der Waals surface area (Å²) in [4.78, 5) is 22.8. The van der Waals surface area contributed by atoms with Crippen molar-refractivity contribution in [3.63, 3.8) is 0 Å². The van der Waals surface area contributed by atoms with Crippen molar-refractivity contribution in [3.8, 4) is 0 Å². The van der Waals surface area contributed by atoms with Gasteiger partial charge in [0.2, 0.25) is 5.78 Å². The van der Waals surface area contributed by atoms with Crippen molar-refractivity contribution in [1.29, 1.82) is 0 Å². The Morgan fingerprint density at radius 2 is 1.65 bits per heavy atom. The fourth-order valence-corrected chi connectivity index (χ4v) is 1.47. The molecule has 8 heteroatoms. The van der Waals surface area contributed by atoms with Crippen molar-refractivity contribution in [2.24, 2.45) is 0 Å². The summed E-state index contributed by atoms with van der Waals surface area (Å²) in [7, 11) is 0. The van der Waals surface area contributed by atoms with Crippen molar-refractivity contribution in [2.45, 2.75) is 18.2 Å². The summed E-state index contributed by atoms with van der Waals surface area (Å²) in [6.45, 7) is 1.19. The molecule has 0 bridgehead atoms. The summed E-state index contributed by atoms with van der Waals surface area (Å²) in [5, 5.41) is -3.46. The van der Waals surface area contributed by atoms with E-state index >= 15 is 0 Å². The standard InChI is InChI=1S/C12H9ClF4O3/c1-2-20-10(19)11(13,14)9(18)7-3-5-8(6-4-7)12(15,16)17/h3-6H,2H2,1H3. The van der Waals surface area contributed by atoms with Crippen LogP contribution in [0.25, 0.3) is 0 Å². The highest BCUT2D eigenvalue weighted by Gasteiger charge is 2.46. The normalized spacial score (nSPS) is 14.5. The van der Waals surface area contributed by atoms with Crippen LogP contribution in [0.5, 0.6) is 0 Å². The van der Waals surface area contributed by atoms with Gasteiger partial charge in [0.15, 0.2) is 0 Å². The first-order valence-electron chi connectivity index (χ1n) is 5.37. The molecule has 3 nitrogen and oxygen atoms in total. The maximum absolute atomic E-state index is 13.8. The molecule has 1 aromatic carbocycles. The van der Waals surface area contributed by atoms with E-state index in [2.05, 4.69) is 4.74 Å². The molecule has 0 amide bonds. The molecule has 20 heavy (non-hydrogen) atoms. The monoisotopic (exact) mass is 312 g/mol. The third-order valence-corrected chi connectivity index (χ3v) is 2.62. The molecule has 0 saturated heterocycles. The summed E-state index contributed by atoms with van der Waals surface area (Å²) in [6.07, 6.45) is -4.59. The van der Waals surface area contributed by atoms with Crippen molar-refractivity contribution in [2.75, 3.05) is 6.61 Å². The van der Waals surface area contributed by atoms with Gasteiger partial charge in [0.1, 0.15) is 0 Å². The van der Waals surface area contributed by atoms with Crippen molar-refractivity contribution >= 4 is 23.4 Å². The van der Waals surface area contributed by atoms with E-state index < -0.39 is 34.2 Å². The summed E-state index contributed by atoms with van der Waals surface area (Å²) in [5.41, 5.74) is -1.48. The van der Waals surface area contributed by atoms with Crippen LogP contribution in [0.3, 0.4) is 0 Å². The Balaban J connectivity index is 3.01. The van der Waals surface area contributed by atoms with E-state index in [9.17, 15) is 27.2 Å². The van der Waals surface area contributed by atoms with Gasteiger partial charge in [-0.25, -0.2) is 9.18 Å². The number of ether oxygens (including phenoxy) is 1. The Bertz CT molecular complexity index is 508. The Hall–Kier alpha value is -1.63. The number of carbonyl (C=O) groups is 2. The number of ketones is 1. The first-order chi connectivity index (χ1) is 9.10. The molecule has 0 aliphatic carbocycles. The van der Waals surface area contributed by atoms with Gasteiger partial charge in [0.25, 0.3) is 0 Å². The van der Waals surface area contributed by atoms with Gasteiger partial charge in [-0.15, -0.1) is 0 Å². The van der Waals surface area contributed by atoms with Crippen LogP contribution in [0, 0.1) is 0 Å². The summed E-state index contributed by atoms with van der Waals surface area (Å²) in [6, 6.07) is 2.65. The lowest BCUT2D eigenvalue weighted by molar-refractivity contribution is -0.149. The highest BCUT2D eigenvalue weighted by Crippen LogP contribution is 2.30. The molecule has 0 fully saturated rings. The van der Waals surface area contributed by atoms with E-state index in [0.29, 0.717) is 12.1 Å². The molecule has 0 aliphatic heterocycles. The Labute approximate surface area is 116 Å². The van der Waals surface area contributed by atoms with E-state index in [4.69, 9.17) is 11.6 Å². The second-order valence-electron chi connectivity index (χ2n) is 3.70. The van der Waals surface area contributed by atoms with Crippen molar-refractivity contribution in [3.05, 3.63) is 35.4 Å². The number of alkyl halides is 5. The molecular weight excluding hydrogens is 304 g/mol. The maximum Gasteiger partial charge on any atom is 0.416 e. The largest absolute Gasteiger partial charge is 0.462 e. The predicted octanol–water partition coefficient (Wildman–Crippen LogP) is 3.36. The van der Waals surface area contributed by atoms with Gasteiger partial charge in [-0.1, -0.05) is 23.7 Å². The van der Waals surface area contributed by atoms with Gasteiger partial charge in [0, 0.05) is 5.56 Å². The van der Waals surface area contributed by atoms with Crippen LogP contribution in [-0.2, 0) is 15.7 Å². The molecule has 1 aromatic rings. The number of esters is 1. The number of carbonyl (C=O) groups excluding carboxylic acids is 2. The minimum absolute atomic E-state index is 0.197. The molecule has 0 aromatic heterocycles. The lowest BCUT2D eigenvalue weighted by Gasteiger charge is -2.15. The van der Waals surface area contributed by atoms with Gasteiger partial charge in [-0.2, -0.15) is 13.2 Å². The fourth-order valence-electron chi connectivity index (χ4n) is 1.31. The number of hydrogen-bond donors (Lipinski definition) is 0. The average Bonchev–Trinajstić information content (AvgIpc) is 2.37. The van der Waals surface area contributed by atoms with Crippen LogP contribution >= 0.6 is 11.6 Å². The number of rotatable bonds is 4. The molecule has 1 unspecified atom stereocenters. The SMILES string of the molecule is CCOC(=O)C(F)(Cl)C(=O)c1ccc(C(F)(F)F)cc1. The number of benzene rings is 1. The number of halogens is 5. The van der Waals surface area contributed by atoms with Crippen molar-refractivity contribution in [1.82, 2.24) is 0 Å². The quantitative estimate of drug-likeness (QED) is 0.281. The van der Waals surface area contributed by atoms with Crippen LogP contribution in [0.1, 0.15) is 22.8 Å². The summed E-state index contributed by atoms with van der Waals surface area (Å²) < 4.78 is 55.1. The van der Waals surface area contributed by atoms with E-state index in [1.165, 1.54) is 6.92 Å².